The molecule has 1 fully saturated rings. The van der Waals surface area contributed by atoms with Crippen molar-refractivity contribution in [2.24, 2.45) is 0 Å². The molecular weight excluding hydrogens is 567 g/mol. The highest BCUT2D eigenvalue weighted by Gasteiger charge is 2.48. The van der Waals surface area contributed by atoms with Crippen molar-refractivity contribution in [1.82, 2.24) is 4.90 Å². The number of carbonyl (C=O) groups excluding carboxylic acids is 2. The van der Waals surface area contributed by atoms with Crippen LogP contribution in [0.3, 0.4) is 0 Å². The maximum atomic E-state index is 13.8. The van der Waals surface area contributed by atoms with Gasteiger partial charge in [-0.1, -0.05) is 36.4 Å². The lowest BCUT2D eigenvalue weighted by Crippen LogP contribution is -2.39. The smallest absolute Gasteiger partial charge is 0.368 e. The summed E-state index contributed by atoms with van der Waals surface area (Å²) in [4.78, 5) is 25.9. The minimum atomic E-state index is -5.02. The van der Waals surface area contributed by atoms with E-state index in [0.29, 0.717) is 47.1 Å². The van der Waals surface area contributed by atoms with Gasteiger partial charge in [0, 0.05) is 30.1 Å². The molecule has 4 nitrogen and oxygen atoms in total. The third kappa shape index (κ3) is 5.97. The fourth-order valence-electron chi connectivity index (χ4n) is 5.67. The van der Waals surface area contributed by atoms with Crippen LogP contribution in [-0.2, 0) is 21.9 Å². The lowest BCUT2D eigenvalue weighted by atomic mass is 9.83. The summed E-state index contributed by atoms with van der Waals surface area (Å²) in [5.74, 6) is -1.41. The first kappa shape index (κ1) is 29.5. The number of rotatable bonds is 6. The number of alkyl halides is 6. The summed E-state index contributed by atoms with van der Waals surface area (Å²) in [6, 6.07) is 13.0. The van der Waals surface area contributed by atoms with Crippen molar-refractivity contribution >= 4 is 17.8 Å². The maximum absolute atomic E-state index is 13.8. The number of hydrogen-bond acceptors (Lipinski definition) is 3. The first-order valence-corrected chi connectivity index (χ1v) is 13.0. The van der Waals surface area contributed by atoms with Crippen LogP contribution in [0.25, 0.3) is 5.57 Å². The molecule has 0 radical (unpaired) electrons. The molecule has 220 valence electrons. The standard InChI is InChI=1S/C31H24F7NO3/c1-17(21-10-23(30(33,34)35)14-24(11-21)31(36,37)38)42-27-15-39-26(29(27)20-6-8-25(32)9-7-20)12-22(13-28(39)41)19-4-2-18(16-40)3-5-19/h2-11,13-14,16-17,26-27,29H,12,15H2,1H3/t17-,26+,27+,29?/m1/s1. The van der Waals surface area contributed by atoms with Gasteiger partial charge in [0.1, 0.15) is 12.1 Å². The van der Waals surface area contributed by atoms with Gasteiger partial charge >= 0.3 is 12.4 Å². The van der Waals surface area contributed by atoms with Gasteiger partial charge in [0.25, 0.3) is 0 Å². The van der Waals surface area contributed by atoms with Gasteiger partial charge in [0.05, 0.1) is 23.3 Å². The van der Waals surface area contributed by atoms with Gasteiger partial charge in [-0.15, -0.1) is 0 Å². The van der Waals surface area contributed by atoms with Crippen molar-refractivity contribution in [3.05, 3.63) is 112 Å². The van der Waals surface area contributed by atoms with Gasteiger partial charge in [-0.2, -0.15) is 26.3 Å². The first-order valence-electron chi connectivity index (χ1n) is 13.0. The Kier molecular flexibility index (Phi) is 7.74. The van der Waals surface area contributed by atoms with E-state index in [4.69, 9.17) is 4.74 Å². The topological polar surface area (TPSA) is 46.6 Å². The number of benzene rings is 3. The number of nitrogens with zero attached hydrogens (tertiary/aromatic N) is 1. The van der Waals surface area contributed by atoms with Gasteiger partial charge in [-0.25, -0.2) is 4.39 Å². The lowest BCUT2D eigenvalue weighted by Gasteiger charge is -2.33. The van der Waals surface area contributed by atoms with Crippen molar-refractivity contribution in [2.75, 3.05) is 6.54 Å². The van der Waals surface area contributed by atoms with Crippen molar-refractivity contribution < 1.29 is 45.1 Å². The minimum absolute atomic E-state index is 0.0227. The molecule has 1 amide bonds. The zero-order valence-corrected chi connectivity index (χ0v) is 22.0. The third-order valence-electron chi connectivity index (χ3n) is 7.73. The van der Waals surface area contributed by atoms with E-state index < -0.39 is 53.5 Å². The molecule has 3 aromatic rings. The van der Waals surface area contributed by atoms with E-state index in [1.54, 1.807) is 29.2 Å². The highest BCUT2D eigenvalue weighted by Crippen LogP contribution is 2.45. The molecule has 3 aromatic carbocycles. The summed E-state index contributed by atoms with van der Waals surface area (Å²) in [6.45, 7) is 1.38. The zero-order valence-electron chi connectivity index (χ0n) is 22.0. The van der Waals surface area contributed by atoms with E-state index in [1.807, 2.05) is 0 Å². The molecule has 2 aliphatic heterocycles. The summed E-state index contributed by atoms with van der Waals surface area (Å²) >= 11 is 0. The molecule has 1 unspecified atom stereocenters. The van der Waals surface area contributed by atoms with E-state index in [0.717, 1.165) is 0 Å². The number of fused-ring (bicyclic) bond motifs is 1. The van der Waals surface area contributed by atoms with Crippen LogP contribution >= 0.6 is 0 Å². The van der Waals surface area contributed by atoms with E-state index in [2.05, 4.69) is 0 Å². The SMILES string of the molecule is C[C@@H](O[C@H]1CN2C(=O)C=C(c3ccc(C=O)cc3)C[C@H]2C1c1ccc(F)cc1)c1cc(C(F)(F)F)cc(C(F)(F)F)c1. The number of halogens is 7. The molecule has 42 heavy (non-hydrogen) atoms. The molecule has 0 saturated carbocycles. The van der Waals surface area contributed by atoms with E-state index in [-0.39, 0.29) is 24.1 Å². The highest BCUT2D eigenvalue weighted by atomic mass is 19.4. The Morgan fingerprint density at radius 1 is 0.905 bits per heavy atom. The molecular formula is C31H24F7NO3. The number of ether oxygens (including phenoxy) is 1. The fourth-order valence-corrected chi connectivity index (χ4v) is 5.67. The number of amides is 1. The van der Waals surface area contributed by atoms with Crippen LogP contribution in [0.15, 0.2) is 72.8 Å². The zero-order chi connectivity index (χ0) is 30.4. The molecule has 5 rings (SSSR count). The van der Waals surface area contributed by atoms with Gasteiger partial charge < -0.3 is 9.64 Å². The Morgan fingerprint density at radius 3 is 2.05 bits per heavy atom. The van der Waals surface area contributed by atoms with E-state index in [9.17, 15) is 40.3 Å². The van der Waals surface area contributed by atoms with Crippen LogP contribution in [0.2, 0.25) is 0 Å². The second-order valence-corrected chi connectivity index (χ2v) is 10.4. The summed E-state index contributed by atoms with van der Waals surface area (Å²) in [7, 11) is 0. The molecule has 0 spiro atoms. The quantitative estimate of drug-likeness (QED) is 0.219. The number of carbonyl (C=O) groups is 2. The molecule has 2 aliphatic rings. The molecule has 0 bridgehead atoms. The monoisotopic (exact) mass is 591 g/mol. The normalized spacial score (nSPS) is 21.6. The van der Waals surface area contributed by atoms with E-state index in [1.165, 1.54) is 37.3 Å². The highest BCUT2D eigenvalue weighted by molar-refractivity contribution is 5.98. The van der Waals surface area contributed by atoms with Crippen LogP contribution in [0.1, 0.15) is 63.5 Å². The summed E-state index contributed by atoms with van der Waals surface area (Å²) in [5, 5.41) is 0. The van der Waals surface area contributed by atoms with Gasteiger partial charge in [0.2, 0.25) is 5.91 Å². The minimum Gasteiger partial charge on any atom is -0.368 e. The average molecular weight is 592 g/mol. The molecule has 0 aromatic heterocycles. The van der Waals surface area contributed by atoms with Crippen LogP contribution in [0, 0.1) is 5.82 Å². The lowest BCUT2D eigenvalue weighted by molar-refractivity contribution is -0.143. The number of aldehydes is 1. The van der Waals surface area contributed by atoms with Crippen molar-refractivity contribution in [2.45, 2.75) is 49.9 Å². The second-order valence-electron chi connectivity index (χ2n) is 10.4. The molecule has 1 saturated heterocycles. The van der Waals surface area contributed by atoms with Crippen molar-refractivity contribution in [3.8, 4) is 0 Å². The summed E-state index contributed by atoms with van der Waals surface area (Å²) in [5.41, 5.74) is -0.761. The maximum Gasteiger partial charge on any atom is 0.416 e. The Hall–Kier alpha value is -3.99. The van der Waals surface area contributed by atoms with Crippen molar-refractivity contribution in [3.63, 3.8) is 0 Å². The molecule has 0 aliphatic carbocycles. The van der Waals surface area contributed by atoms with Gasteiger partial charge in [0.15, 0.2) is 0 Å². The summed E-state index contributed by atoms with van der Waals surface area (Å²) in [6.07, 6.45) is -9.56. The largest absolute Gasteiger partial charge is 0.416 e. The number of hydrogen-bond donors (Lipinski definition) is 0. The van der Waals surface area contributed by atoms with Gasteiger partial charge in [-0.05, 0) is 65.9 Å². The van der Waals surface area contributed by atoms with Crippen LogP contribution < -0.4 is 0 Å². The first-order chi connectivity index (χ1) is 19.7. The second kappa shape index (κ2) is 11.0. The Labute approximate surface area is 236 Å². The molecule has 2 heterocycles. The van der Waals surface area contributed by atoms with Crippen LogP contribution in [-0.4, -0.2) is 35.8 Å². The van der Waals surface area contributed by atoms with Gasteiger partial charge in [-0.3, -0.25) is 9.59 Å². The Bertz CT molecular complexity index is 1480. The molecule has 0 N–H and O–H groups in total. The fraction of sp³-hybridized carbons (Fsp3) is 0.290. The van der Waals surface area contributed by atoms with Crippen LogP contribution in [0.5, 0.6) is 0 Å². The predicted octanol–water partition coefficient (Wildman–Crippen LogP) is 7.60. The molecule has 4 atom stereocenters. The average Bonchev–Trinajstić information content (AvgIpc) is 3.30. The van der Waals surface area contributed by atoms with E-state index >= 15 is 0 Å². The predicted molar refractivity (Wildman–Crippen MR) is 139 cm³/mol. The molecule has 11 heteroatoms. The Balaban J connectivity index is 1.49. The Morgan fingerprint density at radius 2 is 1.50 bits per heavy atom. The van der Waals surface area contributed by atoms with Crippen LogP contribution in [0.4, 0.5) is 30.7 Å². The third-order valence-corrected chi connectivity index (χ3v) is 7.73. The summed E-state index contributed by atoms with van der Waals surface area (Å²) < 4.78 is 101. The van der Waals surface area contributed by atoms with Crippen molar-refractivity contribution in [1.29, 1.82) is 0 Å².